The van der Waals surface area contributed by atoms with Gasteiger partial charge < -0.3 is 9.72 Å². The van der Waals surface area contributed by atoms with Crippen LogP contribution in [0, 0.1) is 11.3 Å². The van der Waals surface area contributed by atoms with Gasteiger partial charge in [0, 0.05) is 0 Å². The highest BCUT2D eigenvalue weighted by molar-refractivity contribution is 7.19. The summed E-state index contributed by atoms with van der Waals surface area (Å²) < 4.78 is 6.70. The Hall–Kier alpha value is -3.95. The van der Waals surface area contributed by atoms with Gasteiger partial charge in [-0.3, -0.25) is 0 Å². The monoisotopic (exact) mass is 422 g/mol. The standard InChI is InChI=1S/C25H18N4OS/c1-16(15-26)30-18-12-10-17(11-13-18)14-19(24-27-20-6-2-3-7-21(20)28-24)25-29-22-8-4-5-9-23(22)31-25/h2-14,16H,1H3,(H,27,28)/b19-14-. The van der Waals surface area contributed by atoms with Crippen LogP contribution in [0.15, 0.2) is 72.8 Å². The van der Waals surface area contributed by atoms with Crippen LogP contribution < -0.4 is 4.74 Å². The molecule has 0 saturated carbocycles. The molecule has 1 N–H and O–H groups in total. The van der Waals surface area contributed by atoms with E-state index in [9.17, 15) is 0 Å². The fraction of sp³-hybridized carbons (Fsp3) is 0.0800. The molecule has 2 aromatic heterocycles. The molecule has 0 bridgehead atoms. The third-order valence-corrected chi connectivity index (χ3v) is 5.92. The number of ether oxygens (including phenoxy) is 1. The summed E-state index contributed by atoms with van der Waals surface area (Å²) in [6.07, 6.45) is 1.59. The van der Waals surface area contributed by atoms with E-state index in [2.05, 4.69) is 23.2 Å². The molecule has 3 aromatic carbocycles. The molecule has 0 saturated heterocycles. The first-order valence-electron chi connectivity index (χ1n) is 9.89. The van der Waals surface area contributed by atoms with Crippen molar-refractivity contribution in [3.05, 3.63) is 89.2 Å². The summed E-state index contributed by atoms with van der Waals surface area (Å²) in [5.74, 6) is 1.44. The number of hydrogen-bond donors (Lipinski definition) is 1. The summed E-state index contributed by atoms with van der Waals surface area (Å²) >= 11 is 1.64. The van der Waals surface area contributed by atoms with Crippen LogP contribution in [-0.2, 0) is 0 Å². The molecule has 0 spiro atoms. The van der Waals surface area contributed by atoms with Gasteiger partial charge in [-0.05, 0) is 55.0 Å². The number of thiazole rings is 1. The number of nitriles is 1. The minimum Gasteiger partial charge on any atom is -0.476 e. The molecule has 5 nitrogen and oxygen atoms in total. The highest BCUT2D eigenvalue weighted by atomic mass is 32.1. The number of H-pyrrole nitrogens is 1. The van der Waals surface area contributed by atoms with E-state index in [0.29, 0.717) is 5.75 Å². The zero-order chi connectivity index (χ0) is 21.2. The molecule has 5 rings (SSSR count). The Morgan fingerprint density at radius 2 is 1.74 bits per heavy atom. The Kier molecular flexibility index (Phi) is 4.95. The van der Waals surface area contributed by atoms with Crippen molar-refractivity contribution in [2.24, 2.45) is 0 Å². The van der Waals surface area contributed by atoms with E-state index in [0.717, 1.165) is 43.2 Å². The molecule has 0 aliphatic heterocycles. The summed E-state index contributed by atoms with van der Waals surface area (Å²) in [5.41, 5.74) is 4.79. The van der Waals surface area contributed by atoms with Gasteiger partial charge in [0.1, 0.15) is 22.7 Å². The lowest BCUT2D eigenvalue weighted by atomic mass is 10.1. The van der Waals surface area contributed by atoms with Gasteiger partial charge in [-0.1, -0.05) is 36.4 Å². The van der Waals surface area contributed by atoms with Crippen molar-refractivity contribution in [2.45, 2.75) is 13.0 Å². The van der Waals surface area contributed by atoms with E-state index in [1.807, 2.05) is 66.7 Å². The van der Waals surface area contributed by atoms with Crippen molar-refractivity contribution in [1.82, 2.24) is 15.0 Å². The fourth-order valence-electron chi connectivity index (χ4n) is 3.34. The van der Waals surface area contributed by atoms with Gasteiger partial charge in [-0.2, -0.15) is 5.26 Å². The maximum absolute atomic E-state index is 8.94. The van der Waals surface area contributed by atoms with Gasteiger partial charge in [0.05, 0.1) is 26.8 Å². The molecule has 150 valence electrons. The van der Waals surface area contributed by atoms with Crippen LogP contribution in [0.3, 0.4) is 0 Å². The number of imidazole rings is 1. The average Bonchev–Trinajstić information content (AvgIpc) is 3.42. The first kappa shape index (κ1) is 19.0. The molecule has 31 heavy (non-hydrogen) atoms. The first-order chi connectivity index (χ1) is 15.2. The lowest BCUT2D eigenvalue weighted by Crippen LogP contribution is -2.07. The minimum absolute atomic E-state index is 0.491. The van der Waals surface area contributed by atoms with Crippen LogP contribution in [0.4, 0.5) is 0 Å². The van der Waals surface area contributed by atoms with Crippen LogP contribution >= 0.6 is 11.3 Å². The van der Waals surface area contributed by atoms with E-state index < -0.39 is 6.10 Å². The Bertz CT molecular complexity index is 1300. The van der Waals surface area contributed by atoms with Gasteiger partial charge in [-0.25, -0.2) is 9.97 Å². The third kappa shape index (κ3) is 3.91. The number of hydrogen-bond acceptors (Lipinski definition) is 5. The molecule has 0 aliphatic rings. The van der Waals surface area contributed by atoms with Crippen molar-refractivity contribution in [2.75, 3.05) is 0 Å². The summed E-state index contributed by atoms with van der Waals surface area (Å²) in [6, 6.07) is 25.9. The summed E-state index contributed by atoms with van der Waals surface area (Å²) in [5, 5.41) is 9.84. The molecule has 0 radical (unpaired) electrons. The molecule has 0 fully saturated rings. The van der Waals surface area contributed by atoms with Gasteiger partial charge in [-0.15, -0.1) is 11.3 Å². The van der Waals surface area contributed by atoms with Crippen LogP contribution in [0.1, 0.15) is 23.3 Å². The van der Waals surface area contributed by atoms with E-state index in [-0.39, 0.29) is 0 Å². The van der Waals surface area contributed by atoms with Gasteiger partial charge in [0.15, 0.2) is 6.10 Å². The number of fused-ring (bicyclic) bond motifs is 2. The van der Waals surface area contributed by atoms with E-state index in [4.69, 9.17) is 20.0 Å². The van der Waals surface area contributed by atoms with Crippen LogP contribution in [-0.4, -0.2) is 21.1 Å². The van der Waals surface area contributed by atoms with Crippen molar-refractivity contribution in [3.63, 3.8) is 0 Å². The Morgan fingerprint density at radius 1 is 1.00 bits per heavy atom. The number of nitrogens with zero attached hydrogens (tertiary/aromatic N) is 3. The smallest absolute Gasteiger partial charge is 0.181 e. The molecule has 6 heteroatoms. The zero-order valence-corrected chi connectivity index (χ0v) is 17.6. The molecule has 2 heterocycles. The first-order valence-corrected chi connectivity index (χ1v) is 10.7. The Morgan fingerprint density at radius 3 is 2.48 bits per heavy atom. The van der Waals surface area contributed by atoms with E-state index in [1.54, 1.807) is 18.3 Å². The zero-order valence-electron chi connectivity index (χ0n) is 16.7. The number of rotatable bonds is 5. The average molecular weight is 423 g/mol. The van der Waals surface area contributed by atoms with Crippen molar-refractivity contribution in [3.8, 4) is 11.8 Å². The van der Waals surface area contributed by atoms with Crippen molar-refractivity contribution in [1.29, 1.82) is 5.26 Å². The predicted molar refractivity (Wildman–Crippen MR) is 125 cm³/mol. The molecule has 0 amide bonds. The second-order valence-corrected chi connectivity index (χ2v) is 8.14. The SMILES string of the molecule is CC(C#N)Oc1ccc(/C=C(/c2nc3ccccc3[nH]2)c2nc3ccccc3s2)cc1. The molecule has 1 unspecified atom stereocenters. The maximum atomic E-state index is 8.94. The van der Waals surface area contributed by atoms with Crippen LogP contribution in [0.2, 0.25) is 0 Å². The molecular formula is C25H18N4OS. The van der Waals surface area contributed by atoms with Crippen molar-refractivity contribution >= 4 is 44.2 Å². The number of aromatic amines is 1. The number of benzene rings is 3. The molecule has 0 aliphatic carbocycles. The summed E-state index contributed by atoms with van der Waals surface area (Å²) in [7, 11) is 0. The molecule has 5 aromatic rings. The molecule has 1 atom stereocenters. The van der Waals surface area contributed by atoms with Crippen molar-refractivity contribution < 1.29 is 4.74 Å². The Balaban J connectivity index is 1.60. The lowest BCUT2D eigenvalue weighted by Gasteiger charge is -2.07. The highest BCUT2D eigenvalue weighted by Crippen LogP contribution is 2.32. The minimum atomic E-state index is -0.491. The topological polar surface area (TPSA) is 74.6 Å². The normalized spacial score (nSPS) is 12.7. The lowest BCUT2D eigenvalue weighted by molar-refractivity contribution is 0.276. The number of para-hydroxylation sites is 3. The second-order valence-electron chi connectivity index (χ2n) is 7.11. The van der Waals surface area contributed by atoms with Gasteiger partial charge in [0.25, 0.3) is 0 Å². The maximum Gasteiger partial charge on any atom is 0.181 e. The quantitative estimate of drug-likeness (QED) is 0.374. The van der Waals surface area contributed by atoms with Crippen LogP contribution in [0.25, 0.3) is 32.9 Å². The third-order valence-electron chi connectivity index (χ3n) is 4.85. The Labute approximate surface area is 183 Å². The highest BCUT2D eigenvalue weighted by Gasteiger charge is 2.15. The largest absolute Gasteiger partial charge is 0.476 e. The van der Waals surface area contributed by atoms with E-state index in [1.165, 1.54) is 0 Å². The van der Waals surface area contributed by atoms with Crippen LogP contribution in [0.5, 0.6) is 5.75 Å². The number of aromatic nitrogens is 3. The van der Waals surface area contributed by atoms with E-state index >= 15 is 0 Å². The second kappa shape index (κ2) is 8.05. The molecular weight excluding hydrogens is 404 g/mol. The summed E-state index contributed by atoms with van der Waals surface area (Å²) in [4.78, 5) is 13.1. The predicted octanol–water partition coefficient (Wildman–Crippen LogP) is 6.05. The van der Waals surface area contributed by atoms with Gasteiger partial charge in [0.2, 0.25) is 0 Å². The summed E-state index contributed by atoms with van der Waals surface area (Å²) in [6.45, 7) is 1.72. The number of nitrogens with one attached hydrogen (secondary N) is 1. The fourth-order valence-corrected chi connectivity index (χ4v) is 4.32. The van der Waals surface area contributed by atoms with Gasteiger partial charge >= 0.3 is 0 Å².